The minimum Gasteiger partial charge on any atom is -0.388 e. The van der Waals surface area contributed by atoms with Crippen LogP contribution in [0.25, 0.3) is 0 Å². The summed E-state index contributed by atoms with van der Waals surface area (Å²) in [7, 11) is 3.24. The van der Waals surface area contributed by atoms with Gasteiger partial charge < -0.3 is 15.4 Å². The Labute approximate surface area is 123 Å². The number of hydrogen-bond acceptors (Lipinski definition) is 5. The van der Waals surface area contributed by atoms with Crippen LogP contribution in [0.1, 0.15) is 30.1 Å². The van der Waals surface area contributed by atoms with Gasteiger partial charge in [0.2, 0.25) is 0 Å². The maximum Gasteiger partial charge on any atom is 0.282 e. The normalized spacial score (nSPS) is 11.8. The molecule has 0 bridgehead atoms. The van der Waals surface area contributed by atoms with E-state index in [-0.39, 0.29) is 17.3 Å². The fourth-order valence-electron chi connectivity index (χ4n) is 2.04. The summed E-state index contributed by atoms with van der Waals surface area (Å²) in [4.78, 5) is 22.8. The van der Waals surface area contributed by atoms with Crippen molar-refractivity contribution in [3.63, 3.8) is 0 Å². The van der Waals surface area contributed by atoms with Crippen molar-refractivity contribution in [3.8, 4) is 0 Å². The smallest absolute Gasteiger partial charge is 0.282 e. The molecule has 0 spiro atoms. The van der Waals surface area contributed by atoms with Crippen LogP contribution >= 0.6 is 0 Å². The van der Waals surface area contributed by atoms with E-state index in [1.165, 1.54) is 12.1 Å². The van der Waals surface area contributed by atoms with Gasteiger partial charge in [-0.25, -0.2) is 0 Å². The maximum absolute atomic E-state index is 12.3. The molecular formula is C14H21N3O4. The summed E-state index contributed by atoms with van der Waals surface area (Å²) in [5.41, 5.74) is 0.479. The second-order valence-corrected chi connectivity index (χ2v) is 4.65. The Hall–Kier alpha value is -2.15. The van der Waals surface area contributed by atoms with Crippen LogP contribution < -0.4 is 10.6 Å². The second-order valence-electron chi connectivity index (χ2n) is 4.65. The van der Waals surface area contributed by atoms with Crippen LogP contribution in [0.15, 0.2) is 18.2 Å². The van der Waals surface area contributed by atoms with Gasteiger partial charge in [0.1, 0.15) is 5.56 Å². The first kappa shape index (κ1) is 16.9. The molecule has 0 saturated heterocycles. The molecule has 0 aliphatic heterocycles. The van der Waals surface area contributed by atoms with Crippen molar-refractivity contribution in [3.05, 3.63) is 33.9 Å². The van der Waals surface area contributed by atoms with Crippen molar-refractivity contribution in [2.45, 2.75) is 25.8 Å². The van der Waals surface area contributed by atoms with E-state index in [2.05, 4.69) is 10.6 Å². The summed E-state index contributed by atoms with van der Waals surface area (Å²) in [6.07, 6.45) is 1.63. The molecule has 0 saturated carbocycles. The summed E-state index contributed by atoms with van der Waals surface area (Å²) < 4.78 is 5.05. The number of anilines is 1. The van der Waals surface area contributed by atoms with Crippen molar-refractivity contribution in [1.29, 1.82) is 0 Å². The van der Waals surface area contributed by atoms with Crippen molar-refractivity contribution >= 4 is 17.3 Å². The Morgan fingerprint density at radius 1 is 1.48 bits per heavy atom. The van der Waals surface area contributed by atoms with Gasteiger partial charge in [-0.05, 0) is 18.6 Å². The molecule has 0 fully saturated rings. The molecule has 21 heavy (non-hydrogen) atoms. The van der Waals surface area contributed by atoms with Crippen LogP contribution in [0.2, 0.25) is 0 Å². The Morgan fingerprint density at radius 3 is 2.71 bits per heavy atom. The van der Waals surface area contributed by atoms with Gasteiger partial charge in [-0.1, -0.05) is 13.3 Å². The number of nitro benzene ring substituents is 1. The lowest BCUT2D eigenvalue weighted by Gasteiger charge is -2.17. The highest BCUT2D eigenvalue weighted by atomic mass is 16.6. The predicted octanol–water partition coefficient (Wildman–Crippen LogP) is 2.18. The minimum atomic E-state index is -0.556. The van der Waals surface area contributed by atoms with E-state index >= 15 is 0 Å². The molecule has 116 valence electrons. The average molecular weight is 295 g/mol. The molecule has 0 radical (unpaired) electrons. The Morgan fingerprint density at radius 2 is 2.19 bits per heavy atom. The number of ether oxygens (including phenoxy) is 1. The molecule has 2 N–H and O–H groups in total. The molecule has 0 heterocycles. The molecule has 0 aliphatic rings. The van der Waals surface area contributed by atoms with Gasteiger partial charge in [0, 0.05) is 25.9 Å². The van der Waals surface area contributed by atoms with E-state index in [0.29, 0.717) is 12.3 Å². The maximum atomic E-state index is 12.3. The molecule has 1 unspecified atom stereocenters. The standard InChI is InChI=1S/C14H21N3O4/c1-4-5-11(9-21-3)16-14(18)12-8-10(15-2)6-7-13(12)17(19)20/h6-8,11,15H,4-5,9H2,1-3H3,(H,16,18). The molecule has 0 aliphatic carbocycles. The fraction of sp³-hybridized carbons (Fsp3) is 0.500. The first-order chi connectivity index (χ1) is 10.0. The summed E-state index contributed by atoms with van der Waals surface area (Å²) >= 11 is 0. The lowest BCUT2D eigenvalue weighted by atomic mass is 10.1. The number of nitrogens with zero attached hydrogens (tertiary/aromatic N) is 1. The molecule has 1 aromatic carbocycles. The Balaban J connectivity index is 3.01. The molecule has 1 atom stereocenters. The van der Waals surface area contributed by atoms with Crippen LogP contribution in [-0.4, -0.2) is 37.6 Å². The Kier molecular flexibility index (Phi) is 6.61. The first-order valence-electron chi connectivity index (χ1n) is 6.79. The zero-order chi connectivity index (χ0) is 15.8. The van der Waals surface area contributed by atoms with E-state index in [9.17, 15) is 14.9 Å². The molecule has 1 amide bonds. The summed E-state index contributed by atoms with van der Waals surface area (Å²) in [5.74, 6) is -0.464. The van der Waals surface area contributed by atoms with Gasteiger partial charge in [-0.15, -0.1) is 0 Å². The van der Waals surface area contributed by atoms with E-state index in [0.717, 1.165) is 12.8 Å². The van der Waals surface area contributed by atoms with Gasteiger partial charge in [-0.2, -0.15) is 0 Å². The predicted molar refractivity (Wildman–Crippen MR) is 80.7 cm³/mol. The van der Waals surface area contributed by atoms with E-state index < -0.39 is 10.8 Å². The second kappa shape index (κ2) is 8.21. The number of hydrogen-bond donors (Lipinski definition) is 2. The number of carbonyl (C=O) groups excluding carboxylic acids is 1. The average Bonchev–Trinajstić information content (AvgIpc) is 2.46. The van der Waals surface area contributed by atoms with E-state index in [1.54, 1.807) is 20.2 Å². The number of nitrogens with one attached hydrogen (secondary N) is 2. The highest BCUT2D eigenvalue weighted by Crippen LogP contribution is 2.22. The van der Waals surface area contributed by atoms with Crippen LogP contribution in [0.5, 0.6) is 0 Å². The van der Waals surface area contributed by atoms with Crippen molar-refractivity contribution < 1.29 is 14.5 Å². The zero-order valence-corrected chi connectivity index (χ0v) is 12.5. The van der Waals surface area contributed by atoms with Crippen LogP contribution in [0.3, 0.4) is 0 Å². The molecule has 0 aromatic heterocycles. The minimum absolute atomic E-state index is 0.0454. The highest BCUT2D eigenvalue weighted by molar-refractivity contribution is 5.99. The molecular weight excluding hydrogens is 274 g/mol. The molecule has 1 rings (SSSR count). The van der Waals surface area contributed by atoms with Crippen molar-refractivity contribution in [1.82, 2.24) is 5.32 Å². The topological polar surface area (TPSA) is 93.5 Å². The highest BCUT2D eigenvalue weighted by Gasteiger charge is 2.22. The summed E-state index contributed by atoms with van der Waals surface area (Å²) in [5, 5.41) is 16.7. The van der Waals surface area contributed by atoms with Gasteiger partial charge in [0.15, 0.2) is 0 Å². The van der Waals surface area contributed by atoms with E-state index in [1.807, 2.05) is 6.92 Å². The number of nitro groups is 1. The van der Waals surface area contributed by atoms with Crippen LogP contribution in [0.4, 0.5) is 11.4 Å². The number of methoxy groups -OCH3 is 1. The third-order valence-electron chi connectivity index (χ3n) is 3.07. The zero-order valence-electron chi connectivity index (χ0n) is 12.5. The monoisotopic (exact) mass is 295 g/mol. The SMILES string of the molecule is CCCC(COC)NC(=O)c1cc(NC)ccc1[N+](=O)[O-]. The lowest BCUT2D eigenvalue weighted by Crippen LogP contribution is -2.38. The fourth-order valence-corrected chi connectivity index (χ4v) is 2.04. The van der Waals surface area contributed by atoms with Crippen LogP contribution in [-0.2, 0) is 4.74 Å². The summed E-state index contributed by atoms with van der Waals surface area (Å²) in [6, 6.07) is 4.20. The van der Waals surface area contributed by atoms with Gasteiger partial charge in [0.25, 0.3) is 11.6 Å². The van der Waals surface area contributed by atoms with Crippen molar-refractivity contribution in [2.75, 3.05) is 26.1 Å². The molecule has 7 heteroatoms. The number of benzene rings is 1. The van der Waals surface area contributed by atoms with Gasteiger partial charge in [-0.3, -0.25) is 14.9 Å². The number of amides is 1. The van der Waals surface area contributed by atoms with Gasteiger partial charge >= 0.3 is 0 Å². The number of rotatable bonds is 8. The third kappa shape index (κ3) is 4.71. The Bertz CT molecular complexity index is 499. The molecule has 1 aromatic rings. The quantitative estimate of drug-likeness (QED) is 0.566. The largest absolute Gasteiger partial charge is 0.388 e. The van der Waals surface area contributed by atoms with E-state index in [4.69, 9.17) is 4.74 Å². The molecule has 7 nitrogen and oxygen atoms in total. The number of carbonyl (C=O) groups is 1. The third-order valence-corrected chi connectivity index (χ3v) is 3.07. The van der Waals surface area contributed by atoms with Gasteiger partial charge in [0.05, 0.1) is 17.6 Å². The summed E-state index contributed by atoms with van der Waals surface area (Å²) in [6.45, 7) is 2.37. The van der Waals surface area contributed by atoms with Crippen LogP contribution in [0, 0.1) is 10.1 Å². The van der Waals surface area contributed by atoms with Crippen molar-refractivity contribution in [2.24, 2.45) is 0 Å². The first-order valence-corrected chi connectivity index (χ1v) is 6.79. The lowest BCUT2D eigenvalue weighted by molar-refractivity contribution is -0.385.